The van der Waals surface area contributed by atoms with Gasteiger partial charge in [0.1, 0.15) is 11.5 Å². The standard InChI is InChI=1S/C27H26F3N2O2/c28-27(29,30)20-10-8-13-22(18-20)31-25(26(33)32-21-11-3-1-4-12-21)19-9-7-16-24(17-19)34-23-14-5-2-6-15-23/h2,5-10,13-18,21,25H,1,3-4,11-12H2,(H,32,33)/q-1. The predicted octanol–water partition coefficient (Wildman–Crippen LogP) is 7.69. The molecule has 1 aliphatic rings. The van der Waals surface area contributed by atoms with Crippen LogP contribution in [0.1, 0.15) is 49.3 Å². The monoisotopic (exact) mass is 467 g/mol. The molecule has 1 amide bonds. The van der Waals surface area contributed by atoms with E-state index in [2.05, 4.69) is 10.6 Å². The van der Waals surface area contributed by atoms with Gasteiger partial charge in [-0.1, -0.05) is 73.9 Å². The van der Waals surface area contributed by atoms with Gasteiger partial charge in [0.15, 0.2) is 0 Å². The zero-order valence-corrected chi connectivity index (χ0v) is 18.6. The summed E-state index contributed by atoms with van der Waals surface area (Å²) >= 11 is 0. The predicted molar refractivity (Wildman–Crippen MR) is 125 cm³/mol. The Bertz CT molecular complexity index is 1100. The van der Waals surface area contributed by atoms with E-state index >= 15 is 0 Å². The molecule has 0 saturated heterocycles. The van der Waals surface area contributed by atoms with E-state index in [0.717, 1.165) is 44.2 Å². The first kappa shape index (κ1) is 23.7. The average molecular weight is 468 g/mol. The van der Waals surface area contributed by atoms with Crippen molar-refractivity contribution >= 4 is 11.6 Å². The fourth-order valence-corrected chi connectivity index (χ4v) is 4.10. The Balaban J connectivity index is 1.61. The Kier molecular flexibility index (Phi) is 7.40. The Labute approximate surface area is 197 Å². The van der Waals surface area contributed by atoms with Crippen molar-refractivity contribution in [1.82, 2.24) is 5.32 Å². The van der Waals surface area contributed by atoms with Gasteiger partial charge in [0.05, 0.1) is 5.56 Å². The number of nitrogens with one attached hydrogen (secondary N) is 1. The SMILES string of the molecule is O=C(NC1CCCCC1)C([N-]c1cccc(C(F)(F)F)c1)c1cccc(Oc2ccccc2)c1. The molecule has 3 aromatic rings. The van der Waals surface area contributed by atoms with Crippen molar-refractivity contribution < 1.29 is 22.7 Å². The van der Waals surface area contributed by atoms with Gasteiger partial charge in [-0.25, -0.2) is 0 Å². The van der Waals surface area contributed by atoms with Gasteiger partial charge in [-0.3, -0.25) is 4.79 Å². The molecule has 4 rings (SSSR count). The number of para-hydroxylation sites is 1. The lowest BCUT2D eigenvalue weighted by atomic mass is 9.95. The van der Waals surface area contributed by atoms with E-state index < -0.39 is 17.8 Å². The third-order valence-corrected chi connectivity index (χ3v) is 5.80. The third-order valence-electron chi connectivity index (χ3n) is 5.80. The van der Waals surface area contributed by atoms with E-state index in [1.165, 1.54) is 12.1 Å². The van der Waals surface area contributed by atoms with Crippen LogP contribution in [0.2, 0.25) is 0 Å². The Morgan fingerprint density at radius 1 is 0.882 bits per heavy atom. The lowest BCUT2D eigenvalue weighted by molar-refractivity contribution is -0.137. The van der Waals surface area contributed by atoms with Crippen LogP contribution in [0.4, 0.5) is 18.9 Å². The first-order valence-corrected chi connectivity index (χ1v) is 11.4. The minimum absolute atomic E-state index is 0.0456. The summed E-state index contributed by atoms with van der Waals surface area (Å²) in [7, 11) is 0. The first-order valence-electron chi connectivity index (χ1n) is 11.4. The van der Waals surface area contributed by atoms with Crippen molar-refractivity contribution in [3.05, 3.63) is 95.3 Å². The summed E-state index contributed by atoms with van der Waals surface area (Å²) in [6, 6.07) is 19.9. The lowest BCUT2D eigenvalue weighted by Crippen LogP contribution is -2.38. The number of carbonyl (C=O) groups excluding carboxylic acids is 1. The minimum atomic E-state index is -4.49. The maximum atomic E-state index is 13.3. The summed E-state index contributed by atoms with van der Waals surface area (Å²) in [5.74, 6) is 0.817. The zero-order valence-electron chi connectivity index (χ0n) is 18.6. The summed E-state index contributed by atoms with van der Waals surface area (Å²) in [6.07, 6.45) is 0.512. The quantitative estimate of drug-likeness (QED) is 0.387. The van der Waals surface area contributed by atoms with Crippen molar-refractivity contribution in [3.8, 4) is 11.5 Å². The number of hydrogen-bond donors (Lipinski definition) is 1. The topological polar surface area (TPSA) is 52.4 Å². The second-order valence-electron chi connectivity index (χ2n) is 8.41. The lowest BCUT2D eigenvalue weighted by Gasteiger charge is -2.35. The number of nitrogens with zero attached hydrogens (tertiary/aromatic N) is 1. The average Bonchev–Trinajstić information content (AvgIpc) is 2.83. The summed E-state index contributed by atoms with van der Waals surface area (Å²) < 4.78 is 45.5. The van der Waals surface area contributed by atoms with Gasteiger partial charge in [0.2, 0.25) is 5.91 Å². The largest absolute Gasteiger partial charge is 0.670 e. The van der Waals surface area contributed by atoms with E-state index in [0.29, 0.717) is 17.1 Å². The molecule has 7 heteroatoms. The van der Waals surface area contributed by atoms with Gasteiger partial charge in [-0.2, -0.15) is 13.2 Å². The third kappa shape index (κ3) is 6.31. The highest BCUT2D eigenvalue weighted by Crippen LogP contribution is 2.38. The highest BCUT2D eigenvalue weighted by molar-refractivity contribution is 5.88. The molecular formula is C27H26F3N2O2-. The van der Waals surface area contributed by atoms with Gasteiger partial charge >= 0.3 is 6.18 Å². The van der Waals surface area contributed by atoms with Crippen LogP contribution in [0.5, 0.6) is 11.5 Å². The van der Waals surface area contributed by atoms with Crippen molar-refractivity contribution in [2.75, 3.05) is 0 Å². The number of amides is 1. The Hall–Kier alpha value is -3.48. The number of rotatable bonds is 7. The summed E-state index contributed by atoms with van der Waals surface area (Å²) in [6.45, 7) is 0. The second kappa shape index (κ2) is 10.6. The number of ether oxygens (including phenoxy) is 1. The molecule has 0 radical (unpaired) electrons. The van der Waals surface area contributed by atoms with E-state index in [4.69, 9.17) is 4.74 Å². The number of hydrogen-bond acceptors (Lipinski definition) is 2. The van der Waals surface area contributed by atoms with Gasteiger partial charge in [-0.05, 0) is 48.7 Å². The van der Waals surface area contributed by atoms with Gasteiger partial charge in [0.25, 0.3) is 0 Å². The fraction of sp³-hybridized carbons (Fsp3) is 0.296. The number of halogens is 3. The smallest absolute Gasteiger partial charge is 0.416 e. The van der Waals surface area contributed by atoms with Crippen LogP contribution in [0.25, 0.3) is 5.32 Å². The number of carbonyl (C=O) groups is 1. The second-order valence-corrected chi connectivity index (χ2v) is 8.41. The summed E-state index contributed by atoms with van der Waals surface area (Å²) in [5.41, 5.74) is -0.173. The molecule has 0 spiro atoms. The molecule has 1 atom stereocenters. The van der Waals surface area contributed by atoms with E-state index in [9.17, 15) is 18.0 Å². The molecule has 0 heterocycles. The van der Waals surface area contributed by atoms with Crippen LogP contribution in [-0.4, -0.2) is 11.9 Å². The fourth-order valence-electron chi connectivity index (χ4n) is 4.10. The van der Waals surface area contributed by atoms with Crippen LogP contribution in [-0.2, 0) is 11.0 Å². The van der Waals surface area contributed by atoms with Gasteiger partial charge in [0, 0.05) is 6.04 Å². The normalized spacial score (nSPS) is 15.4. The minimum Gasteiger partial charge on any atom is -0.670 e. The van der Waals surface area contributed by atoms with E-state index in [-0.39, 0.29) is 17.6 Å². The van der Waals surface area contributed by atoms with Crippen LogP contribution in [0.15, 0.2) is 78.9 Å². The molecule has 1 unspecified atom stereocenters. The summed E-state index contributed by atoms with van der Waals surface area (Å²) in [5, 5.41) is 7.50. The van der Waals surface area contributed by atoms with E-state index in [1.807, 2.05) is 30.3 Å². The molecule has 0 bridgehead atoms. The molecular weight excluding hydrogens is 441 g/mol. The number of benzene rings is 3. The Morgan fingerprint density at radius 3 is 2.32 bits per heavy atom. The molecule has 0 aromatic heterocycles. The first-order chi connectivity index (χ1) is 16.4. The maximum Gasteiger partial charge on any atom is 0.416 e. The highest BCUT2D eigenvalue weighted by atomic mass is 19.4. The molecule has 4 nitrogen and oxygen atoms in total. The number of alkyl halides is 3. The zero-order chi connectivity index (χ0) is 24.0. The van der Waals surface area contributed by atoms with E-state index in [1.54, 1.807) is 24.3 Å². The van der Waals surface area contributed by atoms with Crippen LogP contribution >= 0.6 is 0 Å². The molecule has 3 aromatic carbocycles. The van der Waals surface area contributed by atoms with Crippen molar-refractivity contribution in [3.63, 3.8) is 0 Å². The molecule has 178 valence electrons. The van der Waals surface area contributed by atoms with Crippen molar-refractivity contribution in [2.45, 2.75) is 50.4 Å². The van der Waals surface area contributed by atoms with Crippen LogP contribution in [0, 0.1) is 0 Å². The van der Waals surface area contributed by atoms with Crippen LogP contribution < -0.4 is 10.1 Å². The molecule has 1 fully saturated rings. The van der Waals surface area contributed by atoms with Gasteiger partial charge < -0.3 is 15.4 Å². The van der Waals surface area contributed by atoms with Crippen molar-refractivity contribution in [1.29, 1.82) is 0 Å². The molecule has 34 heavy (non-hydrogen) atoms. The highest BCUT2D eigenvalue weighted by Gasteiger charge is 2.30. The molecule has 1 N–H and O–H groups in total. The van der Waals surface area contributed by atoms with Crippen LogP contribution in [0.3, 0.4) is 0 Å². The van der Waals surface area contributed by atoms with Gasteiger partial charge in [-0.15, -0.1) is 5.69 Å². The maximum absolute atomic E-state index is 13.3. The summed E-state index contributed by atoms with van der Waals surface area (Å²) in [4.78, 5) is 13.3. The van der Waals surface area contributed by atoms with Crippen molar-refractivity contribution in [2.24, 2.45) is 0 Å². The molecule has 1 saturated carbocycles. The molecule has 1 aliphatic carbocycles. The molecule has 0 aliphatic heterocycles. The Morgan fingerprint density at radius 2 is 1.59 bits per heavy atom.